The second kappa shape index (κ2) is 4.79. The summed E-state index contributed by atoms with van der Waals surface area (Å²) < 4.78 is 0. The lowest BCUT2D eigenvalue weighted by Gasteiger charge is -2.34. The predicted molar refractivity (Wildman–Crippen MR) is 70.7 cm³/mol. The highest BCUT2D eigenvalue weighted by molar-refractivity contribution is 5.37. The second-order valence-electron chi connectivity index (χ2n) is 5.42. The standard InChI is InChI=1S/C15H22N2/c16-10-13-5-3-4-12-8-9-17(11-15(12)13)14-6-1-2-7-14/h3-5,14H,1-2,6-11,16H2. The SMILES string of the molecule is NCc1cccc2c1CN(C1CCCC1)CC2. The summed E-state index contributed by atoms with van der Waals surface area (Å²) in [6.45, 7) is 3.06. The van der Waals surface area contributed by atoms with Crippen molar-refractivity contribution in [3.8, 4) is 0 Å². The zero-order valence-electron chi connectivity index (χ0n) is 10.5. The first-order valence-corrected chi connectivity index (χ1v) is 6.92. The Morgan fingerprint density at radius 2 is 2.06 bits per heavy atom. The zero-order valence-corrected chi connectivity index (χ0v) is 10.5. The van der Waals surface area contributed by atoms with Crippen LogP contribution in [0, 0.1) is 0 Å². The number of benzene rings is 1. The molecule has 1 aliphatic heterocycles. The monoisotopic (exact) mass is 230 g/mol. The lowest BCUT2D eigenvalue weighted by Crippen LogP contribution is -2.38. The smallest absolute Gasteiger partial charge is 0.0242 e. The fourth-order valence-corrected chi connectivity index (χ4v) is 3.44. The van der Waals surface area contributed by atoms with Gasteiger partial charge in [-0.25, -0.2) is 0 Å². The summed E-state index contributed by atoms with van der Waals surface area (Å²) in [5, 5.41) is 0. The first-order valence-electron chi connectivity index (χ1n) is 6.92. The minimum absolute atomic E-state index is 0.682. The van der Waals surface area contributed by atoms with Gasteiger partial charge in [0.2, 0.25) is 0 Å². The summed E-state index contributed by atoms with van der Waals surface area (Å²) in [6, 6.07) is 7.47. The predicted octanol–water partition coefficient (Wildman–Crippen LogP) is 2.45. The summed E-state index contributed by atoms with van der Waals surface area (Å²) in [4.78, 5) is 2.69. The van der Waals surface area contributed by atoms with Crippen molar-refractivity contribution in [1.82, 2.24) is 4.90 Å². The van der Waals surface area contributed by atoms with Crippen LogP contribution in [-0.2, 0) is 19.5 Å². The zero-order chi connectivity index (χ0) is 11.7. The Kier molecular flexibility index (Phi) is 3.17. The molecule has 1 aromatic rings. The maximum absolute atomic E-state index is 5.85. The van der Waals surface area contributed by atoms with E-state index in [4.69, 9.17) is 5.73 Å². The number of hydrogen-bond donors (Lipinski definition) is 1. The van der Waals surface area contributed by atoms with Crippen molar-refractivity contribution in [2.75, 3.05) is 6.54 Å². The molecule has 1 aliphatic carbocycles. The van der Waals surface area contributed by atoms with E-state index in [0.717, 1.165) is 12.6 Å². The number of rotatable bonds is 2. The number of hydrogen-bond acceptors (Lipinski definition) is 2. The maximum atomic E-state index is 5.85. The van der Waals surface area contributed by atoms with Crippen molar-refractivity contribution in [2.24, 2.45) is 5.73 Å². The molecular weight excluding hydrogens is 208 g/mol. The van der Waals surface area contributed by atoms with Crippen LogP contribution in [0.4, 0.5) is 0 Å². The maximum Gasteiger partial charge on any atom is 0.0242 e. The fraction of sp³-hybridized carbons (Fsp3) is 0.600. The normalized spacial score (nSPS) is 21.7. The van der Waals surface area contributed by atoms with Crippen LogP contribution in [0.2, 0.25) is 0 Å². The van der Waals surface area contributed by atoms with Gasteiger partial charge < -0.3 is 5.73 Å². The van der Waals surface area contributed by atoms with E-state index >= 15 is 0 Å². The number of nitrogens with zero attached hydrogens (tertiary/aromatic N) is 1. The van der Waals surface area contributed by atoms with Crippen LogP contribution < -0.4 is 5.73 Å². The summed E-state index contributed by atoms with van der Waals surface area (Å²) >= 11 is 0. The molecule has 92 valence electrons. The molecule has 1 saturated carbocycles. The second-order valence-corrected chi connectivity index (χ2v) is 5.42. The van der Waals surface area contributed by atoms with Crippen molar-refractivity contribution in [3.63, 3.8) is 0 Å². The molecule has 2 N–H and O–H groups in total. The Balaban J connectivity index is 1.83. The average Bonchev–Trinajstić information content (AvgIpc) is 2.91. The van der Waals surface area contributed by atoms with Crippen LogP contribution in [0.25, 0.3) is 0 Å². The third-order valence-corrected chi connectivity index (χ3v) is 4.46. The molecule has 17 heavy (non-hydrogen) atoms. The van der Waals surface area contributed by atoms with Crippen LogP contribution in [0.15, 0.2) is 18.2 Å². The molecule has 0 atom stereocenters. The number of fused-ring (bicyclic) bond motifs is 1. The summed E-state index contributed by atoms with van der Waals surface area (Å²) in [5.74, 6) is 0. The van der Waals surface area contributed by atoms with Crippen LogP contribution in [0.1, 0.15) is 42.4 Å². The van der Waals surface area contributed by atoms with Gasteiger partial charge in [0.05, 0.1) is 0 Å². The Labute approximate surface area is 104 Å². The van der Waals surface area contributed by atoms with E-state index < -0.39 is 0 Å². The Bertz CT molecular complexity index is 380. The number of nitrogens with two attached hydrogens (primary N) is 1. The molecule has 0 spiro atoms. The first-order chi connectivity index (χ1) is 8.38. The lowest BCUT2D eigenvalue weighted by molar-refractivity contribution is 0.180. The van der Waals surface area contributed by atoms with Gasteiger partial charge in [-0.2, -0.15) is 0 Å². The van der Waals surface area contributed by atoms with E-state index in [9.17, 15) is 0 Å². The van der Waals surface area contributed by atoms with Gasteiger partial charge in [-0.3, -0.25) is 4.90 Å². The van der Waals surface area contributed by atoms with E-state index in [-0.39, 0.29) is 0 Å². The molecule has 2 nitrogen and oxygen atoms in total. The van der Waals surface area contributed by atoms with Crippen LogP contribution >= 0.6 is 0 Å². The fourth-order valence-electron chi connectivity index (χ4n) is 3.44. The minimum Gasteiger partial charge on any atom is -0.326 e. The molecule has 0 amide bonds. The Hall–Kier alpha value is -0.860. The van der Waals surface area contributed by atoms with Gasteiger partial charge in [0.1, 0.15) is 0 Å². The Morgan fingerprint density at radius 3 is 2.82 bits per heavy atom. The minimum atomic E-state index is 0.682. The topological polar surface area (TPSA) is 29.3 Å². The van der Waals surface area contributed by atoms with Crippen molar-refractivity contribution >= 4 is 0 Å². The van der Waals surface area contributed by atoms with Crippen LogP contribution in [-0.4, -0.2) is 17.5 Å². The quantitative estimate of drug-likeness (QED) is 0.845. The van der Waals surface area contributed by atoms with Crippen LogP contribution in [0.3, 0.4) is 0 Å². The average molecular weight is 230 g/mol. The van der Waals surface area contributed by atoms with Crippen LogP contribution in [0.5, 0.6) is 0 Å². The van der Waals surface area contributed by atoms with Crippen molar-refractivity contribution in [2.45, 2.75) is 51.2 Å². The first kappa shape index (κ1) is 11.2. The van der Waals surface area contributed by atoms with E-state index in [1.165, 1.54) is 55.3 Å². The van der Waals surface area contributed by atoms with Gasteiger partial charge in [0.25, 0.3) is 0 Å². The summed E-state index contributed by atoms with van der Waals surface area (Å²) in [7, 11) is 0. The molecular formula is C15H22N2. The van der Waals surface area contributed by atoms with E-state index in [2.05, 4.69) is 23.1 Å². The van der Waals surface area contributed by atoms with Crippen molar-refractivity contribution in [3.05, 3.63) is 34.9 Å². The summed E-state index contributed by atoms with van der Waals surface area (Å²) in [6.07, 6.45) is 6.86. The Morgan fingerprint density at radius 1 is 1.24 bits per heavy atom. The molecule has 1 aromatic carbocycles. The molecule has 2 aliphatic rings. The van der Waals surface area contributed by atoms with E-state index in [1.807, 2.05) is 0 Å². The molecule has 1 heterocycles. The highest BCUT2D eigenvalue weighted by Gasteiger charge is 2.26. The van der Waals surface area contributed by atoms with E-state index in [1.54, 1.807) is 0 Å². The largest absolute Gasteiger partial charge is 0.326 e. The third kappa shape index (κ3) is 2.12. The van der Waals surface area contributed by atoms with Gasteiger partial charge >= 0.3 is 0 Å². The lowest BCUT2D eigenvalue weighted by atomic mass is 9.94. The summed E-state index contributed by atoms with van der Waals surface area (Å²) in [5.41, 5.74) is 10.3. The van der Waals surface area contributed by atoms with Gasteiger partial charge in [-0.15, -0.1) is 0 Å². The van der Waals surface area contributed by atoms with Crippen molar-refractivity contribution in [1.29, 1.82) is 0 Å². The molecule has 0 saturated heterocycles. The highest BCUT2D eigenvalue weighted by atomic mass is 15.2. The molecule has 1 fully saturated rings. The van der Waals surface area contributed by atoms with Gasteiger partial charge in [-0.05, 0) is 36.0 Å². The van der Waals surface area contributed by atoms with Gasteiger partial charge in [0.15, 0.2) is 0 Å². The molecule has 0 radical (unpaired) electrons. The molecule has 3 rings (SSSR count). The van der Waals surface area contributed by atoms with Gasteiger partial charge in [-0.1, -0.05) is 31.0 Å². The molecule has 0 bridgehead atoms. The molecule has 0 aromatic heterocycles. The third-order valence-electron chi connectivity index (χ3n) is 4.46. The van der Waals surface area contributed by atoms with Gasteiger partial charge in [0, 0.05) is 25.7 Å². The highest BCUT2D eigenvalue weighted by Crippen LogP contribution is 2.29. The van der Waals surface area contributed by atoms with Crippen molar-refractivity contribution < 1.29 is 0 Å². The molecule has 0 unspecified atom stereocenters. The van der Waals surface area contributed by atoms with E-state index in [0.29, 0.717) is 6.54 Å². The molecule has 2 heteroatoms.